The monoisotopic (exact) mass is 317 g/mol. The number of carbonyl (C=O) groups excluding carboxylic acids is 1. The van der Waals surface area contributed by atoms with E-state index in [1.807, 2.05) is 18.2 Å². The molecule has 0 saturated carbocycles. The molecule has 0 bridgehead atoms. The standard InChI is InChI=1S/C18H27N3O2/c1-4-20-7-9-21(10-8-20)12-16(22)14-5-6-17-15(11-14)19-13-18(2,3)23-17/h5-6,11,19H,4,7-10,12-13H2,1-3H3. The summed E-state index contributed by atoms with van der Waals surface area (Å²) >= 11 is 0. The van der Waals surface area contributed by atoms with E-state index in [2.05, 4.69) is 35.9 Å². The Morgan fingerprint density at radius 2 is 1.91 bits per heavy atom. The zero-order valence-corrected chi connectivity index (χ0v) is 14.4. The summed E-state index contributed by atoms with van der Waals surface area (Å²) < 4.78 is 5.94. The lowest BCUT2D eigenvalue weighted by Gasteiger charge is -2.34. The highest BCUT2D eigenvalue weighted by Crippen LogP contribution is 2.33. The predicted molar refractivity (Wildman–Crippen MR) is 92.5 cm³/mol. The molecule has 2 aliphatic heterocycles. The van der Waals surface area contributed by atoms with Crippen LogP contribution in [0.4, 0.5) is 5.69 Å². The fraction of sp³-hybridized carbons (Fsp3) is 0.611. The number of nitrogens with one attached hydrogen (secondary N) is 1. The first-order valence-electron chi connectivity index (χ1n) is 8.52. The second-order valence-corrected chi connectivity index (χ2v) is 7.06. The number of rotatable bonds is 4. The third-order valence-corrected chi connectivity index (χ3v) is 4.67. The molecule has 126 valence electrons. The fourth-order valence-corrected chi connectivity index (χ4v) is 3.13. The van der Waals surface area contributed by atoms with Crippen LogP contribution in [-0.4, -0.2) is 67.0 Å². The molecule has 0 spiro atoms. The van der Waals surface area contributed by atoms with Crippen molar-refractivity contribution in [2.45, 2.75) is 26.4 Å². The topological polar surface area (TPSA) is 44.8 Å². The maximum atomic E-state index is 12.6. The van der Waals surface area contributed by atoms with Crippen molar-refractivity contribution in [1.29, 1.82) is 0 Å². The van der Waals surface area contributed by atoms with Crippen LogP contribution in [0.1, 0.15) is 31.1 Å². The van der Waals surface area contributed by atoms with Gasteiger partial charge in [0.1, 0.15) is 11.4 Å². The molecular formula is C18H27N3O2. The van der Waals surface area contributed by atoms with E-state index < -0.39 is 0 Å². The Labute approximate surface area is 138 Å². The van der Waals surface area contributed by atoms with Crippen LogP contribution in [0.2, 0.25) is 0 Å². The Morgan fingerprint density at radius 1 is 1.22 bits per heavy atom. The Morgan fingerprint density at radius 3 is 2.61 bits per heavy atom. The van der Waals surface area contributed by atoms with E-state index in [1.165, 1.54) is 0 Å². The largest absolute Gasteiger partial charge is 0.484 e. The van der Waals surface area contributed by atoms with Crippen LogP contribution >= 0.6 is 0 Å². The van der Waals surface area contributed by atoms with E-state index in [-0.39, 0.29) is 11.4 Å². The molecule has 1 fully saturated rings. The predicted octanol–water partition coefficient (Wildman–Crippen LogP) is 2.09. The van der Waals surface area contributed by atoms with Gasteiger partial charge in [-0.05, 0) is 38.6 Å². The van der Waals surface area contributed by atoms with Crippen molar-refractivity contribution in [2.24, 2.45) is 0 Å². The van der Waals surface area contributed by atoms with Gasteiger partial charge in [-0.15, -0.1) is 0 Å². The van der Waals surface area contributed by atoms with Gasteiger partial charge in [0.25, 0.3) is 0 Å². The molecule has 0 atom stereocenters. The summed E-state index contributed by atoms with van der Waals surface area (Å²) in [4.78, 5) is 17.2. The maximum Gasteiger partial charge on any atom is 0.176 e. The van der Waals surface area contributed by atoms with Gasteiger partial charge in [0.2, 0.25) is 0 Å². The molecule has 1 aromatic carbocycles. The first-order chi connectivity index (χ1) is 11.0. The summed E-state index contributed by atoms with van der Waals surface area (Å²) in [7, 11) is 0. The van der Waals surface area contributed by atoms with Crippen molar-refractivity contribution in [1.82, 2.24) is 9.80 Å². The number of benzene rings is 1. The highest BCUT2D eigenvalue weighted by molar-refractivity contribution is 5.98. The van der Waals surface area contributed by atoms with E-state index in [1.54, 1.807) is 0 Å². The average molecular weight is 317 g/mol. The number of anilines is 1. The molecule has 5 nitrogen and oxygen atoms in total. The Bertz CT molecular complexity index is 578. The van der Waals surface area contributed by atoms with Gasteiger partial charge >= 0.3 is 0 Å². The summed E-state index contributed by atoms with van der Waals surface area (Å²) in [5.41, 5.74) is 1.47. The van der Waals surface area contributed by atoms with Crippen molar-refractivity contribution in [3.8, 4) is 5.75 Å². The Hall–Kier alpha value is -1.59. The van der Waals surface area contributed by atoms with E-state index >= 15 is 0 Å². The van der Waals surface area contributed by atoms with Crippen molar-refractivity contribution < 1.29 is 9.53 Å². The zero-order chi connectivity index (χ0) is 16.4. The molecule has 0 aromatic heterocycles. The van der Waals surface area contributed by atoms with Gasteiger partial charge < -0.3 is 15.0 Å². The van der Waals surface area contributed by atoms with Gasteiger partial charge in [0, 0.05) is 31.7 Å². The molecule has 0 radical (unpaired) electrons. The van der Waals surface area contributed by atoms with Crippen LogP contribution in [0.25, 0.3) is 0 Å². The molecule has 23 heavy (non-hydrogen) atoms. The number of likely N-dealkylation sites (N-methyl/N-ethyl adjacent to an activating group) is 1. The summed E-state index contributed by atoms with van der Waals surface area (Å²) in [6.07, 6.45) is 0. The highest BCUT2D eigenvalue weighted by Gasteiger charge is 2.27. The molecule has 1 saturated heterocycles. The first-order valence-corrected chi connectivity index (χ1v) is 8.52. The first kappa shape index (κ1) is 16.3. The quantitative estimate of drug-likeness (QED) is 0.862. The van der Waals surface area contributed by atoms with Crippen LogP contribution in [0.5, 0.6) is 5.75 Å². The SMILES string of the molecule is CCN1CCN(CC(=O)c2ccc3c(c2)NCC(C)(C)O3)CC1. The van der Waals surface area contributed by atoms with Crippen LogP contribution in [0.3, 0.4) is 0 Å². The number of ketones is 1. The Balaban J connectivity index is 1.62. The van der Waals surface area contributed by atoms with E-state index in [0.717, 1.165) is 56.3 Å². The van der Waals surface area contributed by atoms with Crippen LogP contribution in [0.15, 0.2) is 18.2 Å². The minimum absolute atomic E-state index is 0.185. The highest BCUT2D eigenvalue weighted by atomic mass is 16.5. The number of nitrogens with zero attached hydrogens (tertiary/aromatic N) is 2. The second-order valence-electron chi connectivity index (χ2n) is 7.06. The lowest BCUT2D eigenvalue weighted by atomic mass is 10.0. The number of hydrogen-bond acceptors (Lipinski definition) is 5. The van der Waals surface area contributed by atoms with Gasteiger partial charge in [0.15, 0.2) is 5.78 Å². The summed E-state index contributed by atoms with van der Waals surface area (Å²) in [6, 6.07) is 5.72. The molecule has 0 amide bonds. The minimum atomic E-state index is -0.211. The van der Waals surface area contributed by atoms with Crippen molar-refractivity contribution in [3.63, 3.8) is 0 Å². The van der Waals surface area contributed by atoms with E-state index in [4.69, 9.17) is 4.74 Å². The van der Waals surface area contributed by atoms with Gasteiger partial charge in [-0.2, -0.15) is 0 Å². The summed E-state index contributed by atoms with van der Waals surface area (Å²) in [6.45, 7) is 12.7. The number of ether oxygens (including phenoxy) is 1. The zero-order valence-electron chi connectivity index (χ0n) is 14.4. The third kappa shape index (κ3) is 3.85. The summed E-state index contributed by atoms with van der Waals surface area (Å²) in [5.74, 6) is 1.01. The van der Waals surface area contributed by atoms with Gasteiger partial charge in [-0.3, -0.25) is 9.69 Å². The number of carbonyl (C=O) groups is 1. The van der Waals surface area contributed by atoms with Gasteiger partial charge in [-0.1, -0.05) is 6.92 Å². The van der Waals surface area contributed by atoms with Gasteiger partial charge in [0.05, 0.1) is 18.8 Å². The summed E-state index contributed by atoms with van der Waals surface area (Å²) in [5, 5.41) is 3.37. The van der Waals surface area contributed by atoms with E-state index in [0.29, 0.717) is 6.54 Å². The van der Waals surface area contributed by atoms with E-state index in [9.17, 15) is 4.79 Å². The van der Waals surface area contributed by atoms with Gasteiger partial charge in [-0.25, -0.2) is 0 Å². The molecule has 2 aliphatic rings. The smallest absolute Gasteiger partial charge is 0.176 e. The van der Waals surface area contributed by atoms with Crippen molar-refractivity contribution >= 4 is 11.5 Å². The number of fused-ring (bicyclic) bond motifs is 1. The second kappa shape index (κ2) is 6.49. The normalized spacial score (nSPS) is 21.2. The molecule has 1 N–H and O–H groups in total. The van der Waals surface area contributed by atoms with Crippen LogP contribution in [-0.2, 0) is 0 Å². The third-order valence-electron chi connectivity index (χ3n) is 4.67. The molecule has 0 aliphatic carbocycles. The van der Waals surface area contributed by atoms with Crippen molar-refractivity contribution in [3.05, 3.63) is 23.8 Å². The van der Waals surface area contributed by atoms with Crippen LogP contribution < -0.4 is 10.1 Å². The lowest BCUT2D eigenvalue weighted by molar-refractivity contribution is 0.0859. The number of Topliss-reactive ketones (excluding diaryl/α,β-unsaturated/α-hetero) is 1. The maximum absolute atomic E-state index is 12.6. The number of hydrogen-bond donors (Lipinski definition) is 1. The molecule has 5 heteroatoms. The minimum Gasteiger partial charge on any atom is -0.484 e. The number of piperazine rings is 1. The van der Waals surface area contributed by atoms with Crippen LogP contribution in [0, 0.1) is 0 Å². The Kier molecular flexibility index (Phi) is 4.60. The fourth-order valence-electron chi connectivity index (χ4n) is 3.13. The average Bonchev–Trinajstić information content (AvgIpc) is 2.54. The van der Waals surface area contributed by atoms with Crippen molar-refractivity contribution in [2.75, 3.05) is 51.1 Å². The molecular weight excluding hydrogens is 290 g/mol. The molecule has 3 rings (SSSR count). The lowest BCUT2D eigenvalue weighted by Crippen LogP contribution is -2.47. The molecule has 2 heterocycles. The molecule has 1 aromatic rings. The molecule has 0 unspecified atom stereocenters.